The summed E-state index contributed by atoms with van der Waals surface area (Å²) >= 11 is 1.46. The highest BCUT2D eigenvalue weighted by Crippen LogP contribution is 2.60. The van der Waals surface area contributed by atoms with Crippen LogP contribution in [0, 0.1) is 6.92 Å². The number of aromatic nitrogens is 3. The number of imidazole rings is 1. The van der Waals surface area contributed by atoms with E-state index in [9.17, 15) is 19.1 Å². The first kappa shape index (κ1) is 25.0. The lowest BCUT2D eigenvalue weighted by molar-refractivity contribution is -0.111. The lowest BCUT2D eigenvalue weighted by Gasteiger charge is -2.33. The Morgan fingerprint density at radius 1 is 1.14 bits per heavy atom. The number of carbonyl (C=O) groups excluding carboxylic acids is 1. The Morgan fingerprint density at radius 3 is 2.49 bits per heavy atom. The topological polar surface area (TPSA) is 117 Å². The van der Waals surface area contributed by atoms with Gasteiger partial charge < -0.3 is 15.1 Å². The third-order valence-corrected chi connectivity index (χ3v) is 9.41. The van der Waals surface area contributed by atoms with Gasteiger partial charge >= 0.3 is 7.60 Å². The Morgan fingerprint density at radius 2 is 1.83 bits per heavy atom. The molecule has 0 aliphatic carbocycles. The summed E-state index contributed by atoms with van der Waals surface area (Å²) in [5, 5.41) is 2.34. The highest BCUT2D eigenvalue weighted by Gasteiger charge is 2.45. The highest BCUT2D eigenvalue weighted by atomic mass is 32.1. The minimum atomic E-state index is -4.36. The predicted octanol–water partition coefficient (Wildman–Crippen LogP) is 5.64. The number of hydrogen-bond donors (Lipinski definition) is 3. The number of benzene rings is 2. The molecule has 0 fully saturated rings. The summed E-state index contributed by atoms with van der Waals surface area (Å²) in [7, 11) is -4.36. The van der Waals surface area contributed by atoms with E-state index in [4.69, 9.17) is 0 Å². The van der Waals surface area contributed by atoms with Crippen molar-refractivity contribution in [2.45, 2.75) is 38.8 Å². The number of amides is 1. The molecular weight excluding hydrogens is 483 g/mol. The molecule has 0 bridgehead atoms. The molecule has 2 aromatic carbocycles. The fourth-order valence-electron chi connectivity index (χ4n) is 4.20. The molecule has 0 atom stereocenters. The maximum absolute atomic E-state index is 12.5. The zero-order valence-electron chi connectivity index (χ0n) is 19.7. The van der Waals surface area contributed by atoms with Gasteiger partial charge in [-0.25, -0.2) is 9.97 Å². The fraction of sp³-hybridized carbons (Fsp3) is 0.240. The molecule has 10 heteroatoms. The van der Waals surface area contributed by atoms with Crippen molar-refractivity contribution in [3.63, 3.8) is 0 Å². The number of thiazole rings is 1. The van der Waals surface area contributed by atoms with Crippen LogP contribution in [0.3, 0.4) is 0 Å². The first-order chi connectivity index (χ1) is 16.7. The van der Waals surface area contributed by atoms with Gasteiger partial charge in [-0.15, -0.1) is 0 Å². The van der Waals surface area contributed by atoms with Crippen LogP contribution < -0.4 is 5.32 Å². The van der Waals surface area contributed by atoms with Gasteiger partial charge in [-0.2, -0.15) is 0 Å². The van der Waals surface area contributed by atoms with Crippen molar-refractivity contribution in [2.75, 3.05) is 5.32 Å². The van der Waals surface area contributed by atoms with E-state index in [0.717, 1.165) is 26.7 Å². The second-order valence-corrected chi connectivity index (χ2v) is 11.2. The molecule has 2 aromatic heterocycles. The number of nitrogens with zero attached hydrogens (tertiary/aromatic N) is 3. The summed E-state index contributed by atoms with van der Waals surface area (Å²) in [4.78, 5) is 42.3. The van der Waals surface area contributed by atoms with Gasteiger partial charge in [0, 0.05) is 11.8 Å². The van der Waals surface area contributed by atoms with Crippen molar-refractivity contribution in [1.29, 1.82) is 0 Å². The number of rotatable bonds is 8. The van der Waals surface area contributed by atoms with Crippen molar-refractivity contribution in [3.8, 4) is 5.13 Å². The largest absolute Gasteiger partial charge is 0.335 e. The normalized spacial score (nSPS) is 12.5. The van der Waals surface area contributed by atoms with E-state index in [2.05, 4.69) is 15.3 Å². The standard InChI is InChI=1S/C25H27N4O4PS/c1-4-25(5-2,34(31,32)33)18-10-12-19(13-11-18)28-23(30)15-14-22-17(3)27-24(35-22)29-16-26-20-8-6-7-9-21(20)29/h6-16H,4-5H2,1-3H3,(H,28,30)(H2,31,32,33)/b15-14+. The summed E-state index contributed by atoms with van der Waals surface area (Å²) in [5.74, 6) is -0.313. The Bertz CT molecular complexity index is 1430. The van der Waals surface area contributed by atoms with Gasteiger partial charge in [-0.05, 0) is 55.7 Å². The van der Waals surface area contributed by atoms with E-state index in [1.54, 1.807) is 50.5 Å². The van der Waals surface area contributed by atoms with Gasteiger partial charge in [-0.3, -0.25) is 13.9 Å². The maximum Gasteiger partial charge on any atom is 0.335 e. The summed E-state index contributed by atoms with van der Waals surface area (Å²) in [5.41, 5.74) is 3.76. The van der Waals surface area contributed by atoms with E-state index >= 15 is 0 Å². The van der Waals surface area contributed by atoms with Crippen molar-refractivity contribution in [1.82, 2.24) is 14.5 Å². The minimum absolute atomic E-state index is 0.313. The number of anilines is 1. The van der Waals surface area contributed by atoms with Crippen LogP contribution in [0.15, 0.2) is 60.9 Å². The van der Waals surface area contributed by atoms with Crippen molar-refractivity contribution >= 4 is 47.6 Å². The lowest BCUT2D eigenvalue weighted by atomic mass is 9.92. The number of fused-ring (bicyclic) bond motifs is 1. The molecule has 4 aromatic rings. The van der Waals surface area contributed by atoms with Crippen LogP contribution >= 0.6 is 18.9 Å². The summed E-state index contributed by atoms with van der Waals surface area (Å²) in [6.45, 7) is 5.43. The van der Waals surface area contributed by atoms with E-state index in [1.165, 1.54) is 17.4 Å². The van der Waals surface area contributed by atoms with Crippen LogP contribution in [0.2, 0.25) is 0 Å². The van der Waals surface area contributed by atoms with Crippen LogP contribution in [-0.4, -0.2) is 30.2 Å². The molecule has 0 spiro atoms. The SMILES string of the molecule is CCC(CC)(c1ccc(NC(=O)/C=C/c2sc(-n3cnc4ccccc43)nc2C)cc1)P(=O)(O)O. The second-order valence-electron chi connectivity index (χ2n) is 8.23. The van der Waals surface area contributed by atoms with E-state index in [1.807, 2.05) is 35.8 Å². The summed E-state index contributed by atoms with van der Waals surface area (Å²) < 4.78 is 14.1. The fourth-order valence-corrected chi connectivity index (χ4v) is 6.46. The van der Waals surface area contributed by atoms with Crippen molar-refractivity contribution < 1.29 is 19.1 Å². The molecule has 0 saturated carbocycles. The predicted molar refractivity (Wildman–Crippen MR) is 140 cm³/mol. The molecule has 0 saturated heterocycles. The molecule has 4 rings (SSSR count). The Hall–Kier alpha value is -3.10. The molecule has 0 unspecified atom stereocenters. The van der Waals surface area contributed by atoms with E-state index < -0.39 is 12.8 Å². The van der Waals surface area contributed by atoms with Crippen LogP contribution in [0.25, 0.3) is 22.2 Å². The number of aryl methyl sites for hydroxylation is 1. The molecule has 2 heterocycles. The number of para-hydroxylation sites is 2. The zero-order valence-corrected chi connectivity index (χ0v) is 21.4. The number of nitrogens with one attached hydrogen (secondary N) is 1. The van der Waals surface area contributed by atoms with Crippen LogP contribution in [-0.2, 0) is 14.5 Å². The molecule has 182 valence electrons. The number of hydrogen-bond acceptors (Lipinski definition) is 5. The van der Waals surface area contributed by atoms with Crippen LogP contribution in [0.1, 0.15) is 42.8 Å². The smallest absolute Gasteiger partial charge is 0.324 e. The van der Waals surface area contributed by atoms with Crippen LogP contribution in [0.4, 0.5) is 5.69 Å². The molecule has 1 amide bonds. The summed E-state index contributed by atoms with van der Waals surface area (Å²) in [6.07, 6.45) is 5.54. The van der Waals surface area contributed by atoms with Gasteiger partial charge in [0.25, 0.3) is 0 Å². The third-order valence-electron chi connectivity index (χ3n) is 6.28. The molecular formula is C25H27N4O4PS. The lowest BCUT2D eigenvalue weighted by Crippen LogP contribution is -2.24. The first-order valence-corrected chi connectivity index (χ1v) is 13.7. The molecule has 0 radical (unpaired) electrons. The van der Waals surface area contributed by atoms with Crippen molar-refractivity contribution in [3.05, 3.63) is 77.1 Å². The summed E-state index contributed by atoms with van der Waals surface area (Å²) in [6, 6.07) is 14.5. The molecule has 0 aliphatic heterocycles. The van der Waals surface area contributed by atoms with Crippen molar-refractivity contribution in [2.24, 2.45) is 0 Å². The highest BCUT2D eigenvalue weighted by molar-refractivity contribution is 7.53. The Kier molecular flexibility index (Phi) is 7.05. The monoisotopic (exact) mass is 510 g/mol. The van der Waals surface area contributed by atoms with E-state index in [-0.39, 0.29) is 5.91 Å². The molecule has 0 aliphatic rings. The van der Waals surface area contributed by atoms with Gasteiger partial charge in [-0.1, -0.05) is 49.4 Å². The Balaban J connectivity index is 1.48. The third kappa shape index (κ3) is 4.86. The zero-order chi connectivity index (χ0) is 25.2. The van der Waals surface area contributed by atoms with Gasteiger partial charge in [0.15, 0.2) is 5.13 Å². The second kappa shape index (κ2) is 9.87. The minimum Gasteiger partial charge on any atom is -0.324 e. The number of carbonyl (C=O) groups is 1. The first-order valence-electron chi connectivity index (χ1n) is 11.2. The Labute approximate surface area is 207 Å². The van der Waals surface area contributed by atoms with Crippen LogP contribution in [0.5, 0.6) is 0 Å². The average Bonchev–Trinajstić information content (AvgIpc) is 3.42. The molecule has 8 nitrogen and oxygen atoms in total. The molecule has 35 heavy (non-hydrogen) atoms. The van der Waals surface area contributed by atoms with Gasteiger partial charge in [0.05, 0.1) is 26.8 Å². The average molecular weight is 511 g/mol. The quantitative estimate of drug-likeness (QED) is 0.209. The maximum atomic E-state index is 12.5. The van der Waals surface area contributed by atoms with Gasteiger partial charge in [0.2, 0.25) is 5.91 Å². The van der Waals surface area contributed by atoms with Gasteiger partial charge in [0.1, 0.15) is 6.33 Å². The molecule has 3 N–H and O–H groups in total. The van der Waals surface area contributed by atoms with E-state index in [0.29, 0.717) is 24.1 Å².